The molecular formula is C24H25ClN2O4S. The Morgan fingerprint density at radius 3 is 2.44 bits per heavy atom. The number of amides is 1. The van der Waals surface area contributed by atoms with Crippen molar-refractivity contribution >= 4 is 33.2 Å². The number of hydrogen-bond donors (Lipinski definition) is 2. The summed E-state index contributed by atoms with van der Waals surface area (Å²) in [7, 11) is -2.75. The van der Waals surface area contributed by atoms with Gasteiger partial charge in [-0.3, -0.25) is 4.79 Å². The number of benzene rings is 3. The summed E-state index contributed by atoms with van der Waals surface area (Å²) in [6.45, 7) is 3.80. The highest BCUT2D eigenvalue weighted by Crippen LogP contribution is 2.27. The lowest BCUT2D eigenvalue weighted by Gasteiger charge is -2.20. The van der Waals surface area contributed by atoms with Crippen LogP contribution in [0.2, 0.25) is 5.02 Å². The lowest BCUT2D eigenvalue weighted by atomic mass is 10.1. The molecular weight excluding hydrogens is 448 g/mol. The first-order chi connectivity index (χ1) is 15.2. The van der Waals surface area contributed by atoms with Crippen LogP contribution in [-0.4, -0.2) is 27.5 Å². The molecule has 0 aromatic heterocycles. The molecule has 6 nitrogen and oxygen atoms in total. The minimum Gasteiger partial charge on any atom is -0.495 e. The van der Waals surface area contributed by atoms with Crippen LogP contribution in [0.15, 0.2) is 71.6 Å². The van der Waals surface area contributed by atoms with Gasteiger partial charge in [-0.05, 0) is 61.2 Å². The molecule has 0 heterocycles. The molecule has 0 fully saturated rings. The molecule has 3 aromatic rings. The van der Waals surface area contributed by atoms with Crippen LogP contribution < -0.4 is 14.8 Å². The van der Waals surface area contributed by atoms with Crippen LogP contribution in [0.3, 0.4) is 0 Å². The van der Waals surface area contributed by atoms with Crippen molar-refractivity contribution in [2.45, 2.75) is 31.2 Å². The zero-order valence-electron chi connectivity index (χ0n) is 18.1. The third-order valence-corrected chi connectivity index (χ3v) is 6.69. The molecule has 0 aliphatic rings. The van der Waals surface area contributed by atoms with E-state index in [1.165, 1.54) is 25.3 Å². The van der Waals surface area contributed by atoms with Gasteiger partial charge in [0.25, 0.3) is 0 Å². The minimum atomic E-state index is -4.12. The number of aryl methyl sites for hydroxylation is 2. The van der Waals surface area contributed by atoms with E-state index >= 15 is 0 Å². The van der Waals surface area contributed by atoms with E-state index in [1.54, 1.807) is 0 Å². The first-order valence-electron chi connectivity index (χ1n) is 9.97. The molecule has 0 saturated heterocycles. The molecule has 0 saturated carbocycles. The van der Waals surface area contributed by atoms with Crippen molar-refractivity contribution in [2.75, 3.05) is 12.4 Å². The van der Waals surface area contributed by atoms with Crippen molar-refractivity contribution < 1.29 is 17.9 Å². The molecule has 0 aliphatic heterocycles. The van der Waals surface area contributed by atoms with Crippen LogP contribution >= 0.6 is 11.6 Å². The largest absolute Gasteiger partial charge is 0.495 e. The van der Waals surface area contributed by atoms with Crippen LogP contribution in [-0.2, 0) is 21.2 Å². The quantitative estimate of drug-likeness (QED) is 0.505. The first kappa shape index (κ1) is 23.8. The van der Waals surface area contributed by atoms with Crippen LogP contribution in [0.1, 0.15) is 16.7 Å². The molecule has 1 unspecified atom stereocenters. The van der Waals surface area contributed by atoms with Crippen molar-refractivity contribution in [1.82, 2.24) is 4.72 Å². The molecule has 8 heteroatoms. The molecule has 0 spiro atoms. The van der Waals surface area contributed by atoms with Gasteiger partial charge in [0.05, 0.1) is 7.11 Å². The Kier molecular flexibility index (Phi) is 7.56. The van der Waals surface area contributed by atoms with E-state index in [1.807, 2.05) is 62.4 Å². The van der Waals surface area contributed by atoms with Crippen molar-refractivity contribution in [3.8, 4) is 5.75 Å². The molecule has 3 rings (SSSR count). The Bertz CT molecular complexity index is 1210. The number of carbonyl (C=O) groups is 1. The van der Waals surface area contributed by atoms with Gasteiger partial charge in [-0.15, -0.1) is 0 Å². The monoisotopic (exact) mass is 472 g/mol. The summed E-state index contributed by atoms with van der Waals surface area (Å²) >= 11 is 6.02. The van der Waals surface area contributed by atoms with Gasteiger partial charge in [-0.25, -0.2) is 8.42 Å². The molecule has 3 aromatic carbocycles. The molecule has 0 radical (unpaired) electrons. The number of sulfonamides is 1. The van der Waals surface area contributed by atoms with Crippen LogP contribution in [0.5, 0.6) is 5.75 Å². The topological polar surface area (TPSA) is 84.5 Å². The second kappa shape index (κ2) is 10.2. The number of nitrogens with one attached hydrogen (secondary N) is 2. The number of anilines is 1. The zero-order valence-corrected chi connectivity index (χ0v) is 19.6. The first-order valence-corrected chi connectivity index (χ1v) is 11.8. The second-order valence-electron chi connectivity index (χ2n) is 7.47. The number of methoxy groups -OCH3 is 1. The fourth-order valence-corrected chi connectivity index (χ4v) is 4.87. The van der Waals surface area contributed by atoms with E-state index in [2.05, 4.69) is 10.0 Å². The average Bonchev–Trinajstić information content (AvgIpc) is 2.76. The fraction of sp³-hybridized carbons (Fsp3) is 0.208. The number of carbonyl (C=O) groups excluding carboxylic acids is 1. The van der Waals surface area contributed by atoms with Crippen molar-refractivity contribution in [3.63, 3.8) is 0 Å². The predicted octanol–water partition coefficient (Wildman–Crippen LogP) is 4.49. The molecule has 1 amide bonds. The van der Waals surface area contributed by atoms with Crippen molar-refractivity contribution in [2.24, 2.45) is 0 Å². The van der Waals surface area contributed by atoms with Gasteiger partial charge in [0.15, 0.2) is 0 Å². The maximum absolute atomic E-state index is 13.2. The molecule has 0 aliphatic carbocycles. The molecule has 1 atom stereocenters. The summed E-state index contributed by atoms with van der Waals surface area (Å²) < 4.78 is 34.2. The number of ether oxygens (including phenoxy) is 1. The maximum atomic E-state index is 13.2. The smallest absolute Gasteiger partial charge is 0.245 e. The Morgan fingerprint density at radius 2 is 1.75 bits per heavy atom. The third kappa shape index (κ3) is 5.88. The predicted molar refractivity (Wildman–Crippen MR) is 127 cm³/mol. The highest BCUT2D eigenvalue weighted by Gasteiger charge is 2.29. The van der Waals surface area contributed by atoms with Gasteiger partial charge in [-0.2, -0.15) is 4.72 Å². The van der Waals surface area contributed by atoms with Gasteiger partial charge in [0.2, 0.25) is 15.9 Å². The van der Waals surface area contributed by atoms with E-state index in [-0.39, 0.29) is 22.1 Å². The molecule has 168 valence electrons. The Balaban J connectivity index is 1.95. The number of halogens is 1. The van der Waals surface area contributed by atoms with Crippen LogP contribution in [0.4, 0.5) is 5.69 Å². The van der Waals surface area contributed by atoms with Gasteiger partial charge in [0.1, 0.15) is 16.7 Å². The van der Waals surface area contributed by atoms with Gasteiger partial charge < -0.3 is 10.1 Å². The van der Waals surface area contributed by atoms with Crippen LogP contribution in [0.25, 0.3) is 0 Å². The number of hydrogen-bond acceptors (Lipinski definition) is 4. The summed E-state index contributed by atoms with van der Waals surface area (Å²) in [6, 6.07) is 18.1. The highest BCUT2D eigenvalue weighted by molar-refractivity contribution is 7.89. The fourth-order valence-electron chi connectivity index (χ4n) is 3.24. The summed E-state index contributed by atoms with van der Waals surface area (Å²) in [5.74, 6) is -0.331. The second-order valence-corrected chi connectivity index (χ2v) is 9.59. The van der Waals surface area contributed by atoms with Crippen LogP contribution in [0, 0.1) is 13.8 Å². The van der Waals surface area contributed by atoms with E-state index in [4.69, 9.17) is 16.3 Å². The number of rotatable bonds is 8. The normalized spacial score (nSPS) is 12.2. The van der Waals surface area contributed by atoms with E-state index in [0.29, 0.717) is 5.69 Å². The minimum absolute atomic E-state index is 0.134. The molecule has 0 bridgehead atoms. The summed E-state index contributed by atoms with van der Waals surface area (Å²) in [5.41, 5.74) is 3.30. The van der Waals surface area contributed by atoms with E-state index < -0.39 is 22.0 Å². The maximum Gasteiger partial charge on any atom is 0.245 e. The summed E-state index contributed by atoms with van der Waals surface area (Å²) in [4.78, 5) is 13.1. The Morgan fingerprint density at radius 1 is 1.03 bits per heavy atom. The van der Waals surface area contributed by atoms with Crippen molar-refractivity contribution in [1.29, 1.82) is 0 Å². The highest BCUT2D eigenvalue weighted by atomic mass is 35.5. The third-order valence-electron chi connectivity index (χ3n) is 4.96. The summed E-state index contributed by atoms with van der Waals surface area (Å²) in [6.07, 6.45) is 0.166. The van der Waals surface area contributed by atoms with Gasteiger partial charge in [-0.1, -0.05) is 54.1 Å². The SMILES string of the molecule is COc1ccc(Cl)cc1S(=O)(=O)NC(Cc1ccccc1)C(=O)Nc1cc(C)ccc1C. The van der Waals surface area contributed by atoms with Gasteiger partial charge in [0, 0.05) is 10.7 Å². The lowest BCUT2D eigenvalue weighted by molar-refractivity contribution is -0.117. The summed E-state index contributed by atoms with van der Waals surface area (Å²) in [5, 5.41) is 3.10. The Hall–Kier alpha value is -2.87. The lowest BCUT2D eigenvalue weighted by Crippen LogP contribution is -2.45. The Labute approximate surface area is 193 Å². The van der Waals surface area contributed by atoms with Gasteiger partial charge >= 0.3 is 0 Å². The van der Waals surface area contributed by atoms with Crippen molar-refractivity contribution in [3.05, 3.63) is 88.4 Å². The molecule has 32 heavy (non-hydrogen) atoms. The van der Waals surface area contributed by atoms with E-state index in [0.717, 1.165) is 16.7 Å². The zero-order chi connectivity index (χ0) is 23.3. The average molecular weight is 473 g/mol. The van der Waals surface area contributed by atoms with E-state index in [9.17, 15) is 13.2 Å². The standard InChI is InChI=1S/C24H25ClN2O4S/c1-16-9-10-17(2)20(13-16)26-24(28)21(14-18-7-5-4-6-8-18)27-32(29,30)23-15-19(25)11-12-22(23)31-3/h4-13,15,21,27H,14H2,1-3H3,(H,26,28). The molecule has 2 N–H and O–H groups in total.